The van der Waals surface area contributed by atoms with E-state index < -0.39 is 5.60 Å². The molecule has 5 heteroatoms. The molecule has 0 fully saturated rings. The van der Waals surface area contributed by atoms with Crippen LogP contribution >= 0.6 is 11.6 Å². The Bertz CT molecular complexity index is 871. The number of Topliss-reactive ketones (excluding diaryl/α,β-unsaturated/α-hetero) is 1. The summed E-state index contributed by atoms with van der Waals surface area (Å²) in [5.74, 6) is 0.0592. The van der Waals surface area contributed by atoms with Crippen LogP contribution in [-0.4, -0.2) is 36.0 Å². The van der Waals surface area contributed by atoms with E-state index in [0.717, 1.165) is 23.1 Å². The van der Waals surface area contributed by atoms with Gasteiger partial charge in [0.05, 0.1) is 0 Å². The van der Waals surface area contributed by atoms with Crippen molar-refractivity contribution in [1.82, 2.24) is 4.90 Å². The Kier molecular flexibility index (Phi) is 7.86. The number of aryl methyl sites for hydroxylation is 1. The first kappa shape index (κ1) is 23.0. The summed E-state index contributed by atoms with van der Waals surface area (Å²) < 4.78 is 5.34. The van der Waals surface area contributed by atoms with E-state index in [-0.39, 0.29) is 11.9 Å². The largest absolute Gasteiger partial charge is 0.444 e. The van der Waals surface area contributed by atoms with Gasteiger partial charge in [-0.1, -0.05) is 53.6 Å². The normalized spacial score (nSPS) is 11.2. The number of carbonyl (C=O) groups is 2. The summed E-state index contributed by atoms with van der Waals surface area (Å²) in [5.41, 5.74) is 2.98. The minimum Gasteiger partial charge on any atom is -0.444 e. The third kappa shape index (κ3) is 6.90. The number of ether oxygens (including phenoxy) is 1. The van der Waals surface area contributed by atoms with Crippen molar-refractivity contribution in [3.8, 4) is 11.1 Å². The molecular formula is C24H30ClNO3. The standard InChI is InChI=1S/C24H30ClNO3/c1-17-10-8-11-18(16-17)22-19(12-9-13-20(22)25)21(27)14-6-7-15-26(5)23(28)29-24(2,3)4/h8-13,16H,6-7,14-15H2,1-5H3. The number of benzene rings is 2. The summed E-state index contributed by atoms with van der Waals surface area (Å²) >= 11 is 6.44. The molecule has 0 aliphatic rings. The average molecular weight is 416 g/mol. The summed E-state index contributed by atoms with van der Waals surface area (Å²) in [7, 11) is 1.71. The molecule has 0 heterocycles. The van der Waals surface area contributed by atoms with E-state index in [9.17, 15) is 9.59 Å². The van der Waals surface area contributed by atoms with Crippen molar-refractivity contribution in [2.24, 2.45) is 0 Å². The highest BCUT2D eigenvalue weighted by Gasteiger charge is 2.20. The van der Waals surface area contributed by atoms with Crippen LogP contribution in [0.25, 0.3) is 11.1 Å². The summed E-state index contributed by atoms with van der Waals surface area (Å²) in [6, 6.07) is 13.4. The Morgan fingerprint density at radius 3 is 2.41 bits per heavy atom. The molecule has 1 amide bonds. The molecule has 0 spiro atoms. The Balaban J connectivity index is 1.98. The van der Waals surface area contributed by atoms with Crippen molar-refractivity contribution in [2.45, 2.75) is 52.6 Å². The van der Waals surface area contributed by atoms with E-state index in [1.165, 1.54) is 0 Å². The zero-order chi connectivity index (χ0) is 21.6. The monoisotopic (exact) mass is 415 g/mol. The fraction of sp³-hybridized carbons (Fsp3) is 0.417. The minimum absolute atomic E-state index is 0.0592. The predicted octanol–water partition coefficient (Wildman–Crippen LogP) is 6.54. The first-order valence-electron chi connectivity index (χ1n) is 9.91. The van der Waals surface area contributed by atoms with Crippen LogP contribution in [0, 0.1) is 6.92 Å². The van der Waals surface area contributed by atoms with Crippen molar-refractivity contribution in [3.63, 3.8) is 0 Å². The zero-order valence-electron chi connectivity index (χ0n) is 17.9. The van der Waals surface area contributed by atoms with Gasteiger partial charge in [-0.05, 0) is 52.2 Å². The van der Waals surface area contributed by atoms with Crippen LogP contribution < -0.4 is 0 Å². The van der Waals surface area contributed by atoms with Crippen LogP contribution in [0.4, 0.5) is 4.79 Å². The van der Waals surface area contributed by atoms with Gasteiger partial charge in [0.25, 0.3) is 0 Å². The Labute approximate surface area is 178 Å². The van der Waals surface area contributed by atoms with Crippen molar-refractivity contribution >= 4 is 23.5 Å². The molecule has 0 N–H and O–H groups in total. The van der Waals surface area contributed by atoms with E-state index >= 15 is 0 Å². The van der Waals surface area contributed by atoms with Crippen molar-refractivity contribution < 1.29 is 14.3 Å². The van der Waals surface area contributed by atoms with E-state index in [4.69, 9.17) is 16.3 Å². The van der Waals surface area contributed by atoms with Gasteiger partial charge in [0, 0.05) is 36.2 Å². The lowest BCUT2D eigenvalue weighted by Crippen LogP contribution is -2.34. The summed E-state index contributed by atoms with van der Waals surface area (Å²) in [6.07, 6.45) is 1.47. The highest BCUT2D eigenvalue weighted by molar-refractivity contribution is 6.34. The number of amides is 1. The average Bonchev–Trinajstić information content (AvgIpc) is 2.63. The first-order valence-corrected chi connectivity index (χ1v) is 10.3. The van der Waals surface area contributed by atoms with E-state index in [0.29, 0.717) is 30.0 Å². The molecule has 0 aliphatic carbocycles. The number of rotatable bonds is 7. The third-order valence-electron chi connectivity index (χ3n) is 4.47. The van der Waals surface area contributed by atoms with Crippen LogP contribution in [0.15, 0.2) is 42.5 Å². The molecule has 0 bridgehead atoms. The number of unbranched alkanes of at least 4 members (excludes halogenated alkanes) is 1. The van der Waals surface area contributed by atoms with Gasteiger partial charge in [0.15, 0.2) is 5.78 Å². The van der Waals surface area contributed by atoms with Gasteiger partial charge in [-0.2, -0.15) is 0 Å². The molecule has 4 nitrogen and oxygen atoms in total. The molecule has 0 saturated heterocycles. The quantitative estimate of drug-likeness (QED) is 0.381. The van der Waals surface area contributed by atoms with Crippen LogP contribution in [0.3, 0.4) is 0 Å². The lowest BCUT2D eigenvalue weighted by molar-refractivity contribution is 0.0296. The summed E-state index contributed by atoms with van der Waals surface area (Å²) in [4.78, 5) is 26.4. The Hall–Kier alpha value is -2.33. The number of carbonyl (C=O) groups excluding carboxylic acids is 2. The molecule has 2 aromatic carbocycles. The maximum Gasteiger partial charge on any atom is 0.410 e. The predicted molar refractivity (Wildman–Crippen MR) is 119 cm³/mol. The molecule has 2 aromatic rings. The zero-order valence-corrected chi connectivity index (χ0v) is 18.7. The second-order valence-corrected chi connectivity index (χ2v) is 8.72. The van der Waals surface area contributed by atoms with Crippen molar-refractivity contribution in [2.75, 3.05) is 13.6 Å². The van der Waals surface area contributed by atoms with Gasteiger partial charge in [-0.25, -0.2) is 4.79 Å². The smallest absolute Gasteiger partial charge is 0.410 e. The number of hydrogen-bond acceptors (Lipinski definition) is 3. The van der Waals surface area contributed by atoms with Crippen LogP contribution in [0.5, 0.6) is 0 Å². The molecule has 0 saturated carbocycles. The van der Waals surface area contributed by atoms with E-state index in [1.54, 1.807) is 11.9 Å². The maximum atomic E-state index is 12.9. The molecule has 0 unspecified atom stereocenters. The molecule has 0 radical (unpaired) electrons. The van der Waals surface area contributed by atoms with Gasteiger partial charge in [-0.15, -0.1) is 0 Å². The second kappa shape index (κ2) is 9.93. The Morgan fingerprint density at radius 1 is 1.07 bits per heavy atom. The van der Waals surface area contributed by atoms with Crippen LogP contribution in [0.1, 0.15) is 56.0 Å². The van der Waals surface area contributed by atoms with Crippen molar-refractivity contribution in [3.05, 3.63) is 58.6 Å². The molecule has 156 valence electrons. The topological polar surface area (TPSA) is 46.6 Å². The summed E-state index contributed by atoms with van der Waals surface area (Å²) in [5, 5.41) is 0.575. The van der Waals surface area contributed by atoms with Crippen LogP contribution in [0.2, 0.25) is 5.02 Å². The second-order valence-electron chi connectivity index (χ2n) is 8.31. The van der Waals surface area contributed by atoms with Crippen LogP contribution in [-0.2, 0) is 4.74 Å². The number of hydrogen-bond donors (Lipinski definition) is 0. The fourth-order valence-corrected chi connectivity index (χ4v) is 3.33. The van der Waals surface area contributed by atoms with E-state index in [2.05, 4.69) is 0 Å². The third-order valence-corrected chi connectivity index (χ3v) is 4.79. The Morgan fingerprint density at radius 2 is 1.76 bits per heavy atom. The number of nitrogens with zero attached hydrogens (tertiary/aromatic N) is 1. The minimum atomic E-state index is -0.514. The summed E-state index contributed by atoms with van der Waals surface area (Å²) in [6.45, 7) is 8.09. The lowest BCUT2D eigenvalue weighted by atomic mass is 9.94. The first-order chi connectivity index (χ1) is 13.6. The molecular weight excluding hydrogens is 386 g/mol. The van der Waals surface area contributed by atoms with Gasteiger partial charge >= 0.3 is 6.09 Å². The number of halogens is 1. The van der Waals surface area contributed by atoms with Gasteiger partial charge in [-0.3, -0.25) is 4.79 Å². The van der Waals surface area contributed by atoms with Crippen molar-refractivity contribution in [1.29, 1.82) is 0 Å². The highest BCUT2D eigenvalue weighted by Crippen LogP contribution is 2.33. The van der Waals surface area contributed by atoms with Gasteiger partial charge in [0.2, 0.25) is 0 Å². The highest BCUT2D eigenvalue weighted by atomic mass is 35.5. The lowest BCUT2D eigenvalue weighted by Gasteiger charge is -2.24. The van der Waals surface area contributed by atoms with Gasteiger partial charge in [0.1, 0.15) is 5.60 Å². The molecule has 0 aromatic heterocycles. The molecule has 2 rings (SSSR count). The molecule has 29 heavy (non-hydrogen) atoms. The molecule has 0 atom stereocenters. The van der Waals surface area contributed by atoms with Gasteiger partial charge < -0.3 is 9.64 Å². The molecule has 0 aliphatic heterocycles. The van der Waals surface area contributed by atoms with E-state index in [1.807, 2.05) is 70.2 Å². The maximum absolute atomic E-state index is 12.9. The fourth-order valence-electron chi connectivity index (χ4n) is 3.05. The SMILES string of the molecule is Cc1cccc(-c2c(Cl)cccc2C(=O)CCCCN(C)C(=O)OC(C)(C)C)c1. The number of ketones is 1.